The van der Waals surface area contributed by atoms with Crippen LogP contribution in [0.5, 0.6) is 5.75 Å². The topological polar surface area (TPSA) is 69.3 Å². The van der Waals surface area contributed by atoms with Crippen molar-refractivity contribution in [3.63, 3.8) is 0 Å². The molecule has 0 saturated heterocycles. The Hall–Kier alpha value is -3.57. The highest BCUT2D eigenvalue weighted by molar-refractivity contribution is 6.42. The number of amides is 1. The van der Waals surface area contributed by atoms with Crippen LogP contribution in [0.1, 0.15) is 27.6 Å². The molecule has 4 aromatic rings. The Kier molecular flexibility index (Phi) is 7.23. The summed E-state index contributed by atoms with van der Waals surface area (Å²) < 4.78 is 78.8. The molecule has 1 amide bonds. The van der Waals surface area contributed by atoms with Crippen LogP contribution in [0, 0.1) is 36.0 Å². The number of furan rings is 1. The van der Waals surface area contributed by atoms with E-state index in [0.29, 0.717) is 16.6 Å². The molecule has 2 aromatic carbocycles. The zero-order valence-corrected chi connectivity index (χ0v) is 19.7. The maximum absolute atomic E-state index is 13.7. The molecule has 0 atom stereocenters. The largest absolute Gasteiger partial charge is 0.479 e. The van der Waals surface area contributed by atoms with Gasteiger partial charge in [-0.15, -0.1) is 0 Å². The van der Waals surface area contributed by atoms with Crippen LogP contribution in [0.15, 0.2) is 40.8 Å². The molecule has 0 aliphatic heterocycles. The fourth-order valence-corrected chi connectivity index (χ4v) is 3.47. The first kappa shape index (κ1) is 25.5. The summed E-state index contributed by atoms with van der Waals surface area (Å²) in [7, 11) is 0. The second-order valence-corrected chi connectivity index (χ2v) is 8.30. The smallest absolute Gasteiger partial charge is 0.292 e. The molecule has 4 rings (SSSR count). The minimum absolute atomic E-state index is 0.106. The second-order valence-electron chi connectivity index (χ2n) is 7.48. The van der Waals surface area contributed by atoms with E-state index in [2.05, 4.69) is 10.4 Å². The molecule has 0 unspecified atom stereocenters. The van der Waals surface area contributed by atoms with Crippen molar-refractivity contribution >= 4 is 34.9 Å². The third kappa shape index (κ3) is 5.17. The number of ether oxygens (including phenoxy) is 1. The molecule has 2 heterocycles. The summed E-state index contributed by atoms with van der Waals surface area (Å²) in [6.45, 7) is 1.43. The maximum Gasteiger partial charge on any atom is 0.292 e. The number of halogens is 7. The van der Waals surface area contributed by atoms with Crippen molar-refractivity contribution in [3.05, 3.63) is 98.3 Å². The molecule has 36 heavy (non-hydrogen) atoms. The number of carbonyl (C=O) groups is 1. The molecule has 0 aliphatic rings. The van der Waals surface area contributed by atoms with Gasteiger partial charge in [0.25, 0.3) is 5.91 Å². The van der Waals surface area contributed by atoms with Gasteiger partial charge in [0.15, 0.2) is 17.3 Å². The van der Waals surface area contributed by atoms with Crippen LogP contribution >= 0.6 is 23.2 Å². The Morgan fingerprint density at radius 3 is 2.31 bits per heavy atom. The highest BCUT2D eigenvalue weighted by Gasteiger charge is 2.27. The Morgan fingerprint density at radius 1 is 0.972 bits per heavy atom. The standard InChI is InChI=1S/C23H14Cl2F5N3O3/c1-10-6-16(32-33(10)8-11-2-4-13(24)14(25)7-11)31-23(34)15-5-3-12(36-15)9-35-22-20(29)18(27)17(26)19(28)21(22)30/h2-7H,8-9H2,1H3,(H,31,32,34). The van der Waals surface area contributed by atoms with Crippen LogP contribution in [-0.4, -0.2) is 15.7 Å². The summed E-state index contributed by atoms with van der Waals surface area (Å²) in [4.78, 5) is 12.5. The van der Waals surface area contributed by atoms with Gasteiger partial charge in [-0.3, -0.25) is 9.48 Å². The molecule has 2 aromatic heterocycles. The first-order valence-corrected chi connectivity index (χ1v) is 10.8. The number of aryl methyl sites for hydroxylation is 1. The lowest BCUT2D eigenvalue weighted by Gasteiger charge is -2.09. The summed E-state index contributed by atoms with van der Waals surface area (Å²) in [5, 5.41) is 7.66. The van der Waals surface area contributed by atoms with Crippen LogP contribution in [0.25, 0.3) is 0 Å². The van der Waals surface area contributed by atoms with E-state index < -0.39 is 47.3 Å². The van der Waals surface area contributed by atoms with E-state index in [-0.39, 0.29) is 17.3 Å². The second kappa shape index (κ2) is 10.2. The predicted molar refractivity (Wildman–Crippen MR) is 120 cm³/mol. The number of aromatic nitrogens is 2. The van der Waals surface area contributed by atoms with Gasteiger partial charge in [0.05, 0.1) is 16.6 Å². The number of anilines is 1. The van der Waals surface area contributed by atoms with Crippen molar-refractivity contribution in [2.45, 2.75) is 20.1 Å². The van der Waals surface area contributed by atoms with E-state index in [1.807, 2.05) is 0 Å². The first-order valence-electron chi connectivity index (χ1n) is 10.1. The average molecular weight is 546 g/mol. The minimum Gasteiger partial charge on any atom is -0.479 e. The Balaban J connectivity index is 1.41. The van der Waals surface area contributed by atoms with Gasteiger partial charge in [-0.05, 0) is 36.8 Å². The van der Waals surface area contributed by atoms with Gasteiger partial charge in [0.1, 0.15) is 12.4 Å². The number of nitrogens with zero attached hydrogens (tertiary/aromatic N) is 2. The number of nitrogens with one attached hydrogen (secondary N) is 1. The SMILES string of the molecule is Cc1cc(NC(=O)c2ccc(COc3c(F)c(F)c(F)c(F)c3F)o2)nn1Cc1ccc(Cl)c(Cl)c1. The highest BCUT2D eigenvalue weighted by Crippen LogP contribution is 2.30. The zero-order valence-electron chi connectivity index (χ0n) is 18.1. The lowest BCUT2D eigenvalue weighted by molar-refractivity contribution is 0.0991. The number of hydrogen-bond donors (Lipinski definition) is 1. The Bertz CT molecular complexity index is 1440. The molecule has 0 saturated carbocycles. The summed E-state index contributed by atoms with van der Waals surface area (Å²) in [5.74, 6) is -13.1. The molecule has 0 radical (unpaired) electrons. The average Bonchev–Trinajstić information content (AvgIpc) is 3.45. The zero-order chi connectivity index (χ0) is 26.1. The molecular formula is C23H14Cl2F5N3O3. The van der Waals surface area contributed by atoms with E-state index >= 15 is 0 Å². The quantitative estimate of drug-likeness (QED) is 0.160. The summed E-state index contributed by atoms with van der Waals surface area (Å²) in [6, 6.07) is 9.24. The van der Waals surface area contributed by atoms with E-state index in [0.717, 1.165) is 11.3 Å². The molecule has 0 spiro atoms. The van der Waals surface area contributed by atoms with Crippen LogP contribution in [0.4, 0.5) is 27.8 Å². The van der Waals surface area contributed by atoms with Gasteiger partial charge in [-0.2, -0.15) is 13.9 Å². The van der Waals surface area contributed by atoms with Crippen LogP contribution < -0.4 is 10.1 Å². The van der Waals surface area contributed by atoms with Gasteiger partial charge >= 0.3 is 0 Å². The lowest BCUT2D eigenvalue weighted by Crippen LogP contribution is -2.12. The molecule has 0 bridgehead atoms. The van der Waals surface area contributed by atoms with Crippen LogP contribution in [-0.2, 0) is 13.2 Å². The molecule has 1 N–H and O–H groups in total. The van der Waals surface area contributed by atoms with Gasteiger partial charge in [0, 0.05) is 11.8 Å². The molecule has 6 nitrogen and oxygen atoms in total. The molecule has 188 valence electrons. The van der Waals surface area contributed by atoms with E-state index in [9.17, 15) is 26.7 Å². The minimum atomic E-state index is -2.30. The van der Waals surface area contributed by atoms with Crippen molar-refractivity contribution in [2.24, 2.45) is 0 Å². The van der Waals surface area contributed by atoms with Crippen molar-refractivity contribution in [1.29, 1.82) is 0 Å². The van der Waals surface area contributed by atoms with Gasteiger partial charge in [-0.25, -0.2) is 13.2 Å². The summed E-state index contributed by atoms with van der Waals surface area (Å²) in [6.07, 6.45) is 0. The van der Waals surface area contributed by atoms with Crippen molar-refractivity contribution in [3.8, 4) is 5.75 Å². The van der Waals surface area contributed by atoms with Gasteiger partial charge in [0.2, 0.25) is 29.1 Å². The molecule has 0 fully saturated rings. The van der Waals surface area contributed by atoms with Crippen LogP contribution in [0.2, 0.25) is 10.0 Å². The predicted octanol–water partition coefficient (Wildman–Crippen LogP) is 6.67. The number of rotatable bonds is 7. The monoisotopic (exact) mass is 545 g/mol. The van der Waals surface area contributed by atoms with Crippen LogP contribution in [0.3, 0.4) is 0 Å². The maximum atomic E-state index is 13.7. The molecule has 0 aliphatic carbocycles. The van der Waals surface area contributed by atoms with E-state index in [1.54, 1.807) is 35.9 Å². The summed E-state index contributed by atoms with van der Waals surface area (Å²) in [5.41, 5.74) is 1.56. The van der Waals surface area contributed by atoms with Gasteiger partial charge < -0.3 is 14.5 Å². The Labute approximate surface area is 210 Å². The lowest BCUT2D eigenvalue weighted by atomic mass is 10.2. The molecule has 13 heteroatoms. The molecular weight excluding hydrogens is 532 g/mol. The van der Waals surface area contributed by atoms with Gasteiger partial charge in [-0.1, -0.05) is 29.3 Å². The third-order valence-electron chi connectivity index (χ3n) is 4.95. The summed E-state index contributed by atoms with van der Waals surface area (Å²) >= 11 is 12.0. The number of carbonyl (C=O) groups excluding carboxylic acids is 1. The van der Waals surface area contributed by atoms with Crippen molar-refractivity contribution in [2.75, 3.05) is 5.32 Å². The fourth-order valence-electron chi connectivity index (χ4n) is 3.15. The third-order valence-corrected chi connectivity index (χ3v) is 5.69. The first-order chi connectivity index (χ1) is 17.0. The van der Waals surface area contributed by atoms with E-state index in [4.69, 9.17) is 32.4 Å². The number of benzene rings is 2. The van der Waals surface area contributed by atoms with Crippen molar-refractivity contribution < 1.29 is 35.9 Å². The number of hydrogen-bond acceptors (Lipinski definition) is 4. The van der Waals surface area contributed by atoms with Crippen molar-refractivity contribution in [1.82, 2.24) is 9.78 Å². The Morgan fingerprint density at radius 2 is 1.64 bits per heavy atom. The highest BCUT2D eigenvalue weighted by atomic mass is 35.5. The van der Waals surface area contributed by atoms with E-state index in [1.165, 1.54) is 12.1 Å². The normalized spacial score (nSPS) is 11.1. The fraction of sp³-hybridized carbons (Fsp3) is 0.130.